The molecule has 72 valence electrons. The molecule has 3 atom stereocenters. The lowest BCUT2D eigenvalue weighted by atomic mass is 9.63. The van der Waals surface area contributed by atoms with Crippen LogP contribution in [0.4, 0.5) is 0 Å². The fraction of sp³-hybridized carbons (Fsp3) is 1.00. The van der Waals surface area contributed by atoms with Crippen molar-refractivity contribution in [2.45, 2.75) is 39.7 Å². The van der Waals surface area contributed by atoms with Crippen LogP contribution in [0.1, 0.15) is 33.6 Å². The topological polar surface area (TPSA) is 40.5 Å². The van der Waals surface area contributed by atoms with Gasteiger partial charge in [0.15, 0.2) is 0 Å². The standard InChI is InChI=1S/C10H20O2/c1-7-4-8(12)5-10(2,3)9(7)6-11/h7-9,11-12H,4-6H2,1-3H3/t7-,8-,9-/m1/s1. The lowest BCUT2D eigenvalue weighted by Gasteiger charge is -2.44. The third-order valence-electron chi connectivity index (χ3n) is 3.29. The predicted molar refractivity (Wildman–Crippen MR) is 48.8 cm³/mol. The fourth-order valence-corrected chi connectivity index (χ4v) is 2.63. The Morgan fingerprint density at radius 1 is 1.42 bits per heavy atom. The van der Waals surface area contributed by atoms with Gasteiger partial charge in [-0.05, 0) is 30.1 Å². The third kappa shape index (κ3) is 1.80. The van der Waals surface area contributed by atoms with Crippen molar-refractivity contribution < 1.29 is 10.2 Å². The van der Waals surface area contributed by atoms with Crippen LogP contribution in [0.25, 0.3) is 0 Å². The van der Waals surface area contributed by atoms with Gasteiger partial charge in [0.1, 0.15) is 0 Å². The van der Waals surface area contributed by atoms with E-state index in [0.29, 0.717) is 11.8 Å². The molecule has 0 saturated heterocycles. The predicted octanol–water partition coefficient (Wildman–Crippen LogP) is 1.41. The summed E-state index contributed by atoms with van der Waals surface area (Å²) in [6.45, 7) is 6.63. The zero-order valence-electron chi connectivity index (χ0n) is 8.25. The monoisotopic (exact) mass is 172 g/mol. The first kappa shape index (κ1) is 10.0. The molecule has 0 aromatic carbocycles. The Kier molecular flexibility index (Phi) is 2.79. The molecule has 2 N–H and O–H groups in total. The first-order valence-corrected chi connectivity index (χ1v) is 4.76. The average Bonchev–Trinajstić information content (AvgIpc) is 1.82. The highest BCUT2D eigenvalue weighted by atomic mass is 16.3. The maximum atomic E-state index is 9.55. The summed E-state index contributed by atoms with van der Waals surface area (Å²) in [7, 11) is 0. The van der Waals surface area contributed by atoms with Crippen LogP contribution in [0.5, 0.6) is 0 Å². The van der Waals surface area contributed by atoms with E-state index in [2.05, 4.69) is 20.8 Å². The molecule has 1 fully saturated rings. The van der Waals surface area contributed by atoms with Gasteiger partial charge in [0.2, 0.25) is 0 Å². The molecule has 1 saturated carbocycles. The molecule has 2 heteroatoms. The van der Waals surface area contributed by atoms with Gasteiger partial charge in [0, 0.05) is 6.61 Å². The Morgan fingerprint density at radius 3 is 2.42 bits per heavy atom. The molecule has 12 heavy (non-hydrogen) atoms. The van der Waals surface area contributed by atoms with Crippen molar-refractivity contribution in [3.8, 4) is 0 Å². The van der Waals surface area contributed by atoms with Gasteiger partial charge in [0.25, 0.3) is 0 Å². The van der Waals surface area contributed by atoms with Crippen molar-refractivity contribution in [2.24, 2.45) is 17.3 Å². The molecule has 0 aromatic heterocycles. The summed E-state index contributed by atoms with van der Waals surface area (Å²) in [6, 6.07) is 0. The largest absolute Gasteiger partial charge is 0.396 e. The summed E-state index contributed by atoms with van der Waals surface area (Å²) in [6.07, 6.45) is 1.50. The summed E-state index contributed by atoms with van der Waals surface area (Å²) in [4.78, 5) is 0. The van der Waals surface area contributed by atoms with Crippen molar-refractivity contribution >= 4 is 0 Å². The van der Waals surface area contributed by atoms with Gasteiger partial charge in [-0.25, -0.2) is 0 Å². The molecule has 1 aliphatic rings. The van der Waals surface area contributed by atoms with E-state index in [9.17, 15) is 10.2 Å². The smallest absolute Gasteiger partial charge is 0.0548 e. The molecular formula is C10H20O2. The summed E-state index contributed by atoms with van der Waals surface area (Å²) < 4.78 is 0. The highest BCUT2D eigenvalue weighted by Gasteiger charge is 2.39. The van der Waals surface area contributed by atoms with Crippen LogP contribution in [0, 0.1) is 17.3 Å². The van der Waals surface area contributed by atoms with Crippen molar-refractivity contribution in [2.75, 3.05) is 6.61 Å². The summed E-state index contributed by atoms with van der Waals surface area (Å²) in [5.41, 5.74) is 0.0891. The molecule has 0 spiro atoms. The first-order valence-electron chi connectivity index (χ1n) is 4.76. The van der Waals surface area contributed by atoms with E-state index in [4.69, 9.17) is 0 Å². The number of aliphatic hydroxyl groups excluding tert-OH is 2. The van der Waals surface area contributed by atoms with Gasteiger partial charge in [-0.1, -0.05) is 20.8 Å². The number of hydrogen-bond acceptors (Lipinski definition) is 2. The van der Waals surface area contributed by atoms with E-state index >= 15 is 0 Å². The van der Waals surface area contributed by atoms with Crippen LogP contribution in [-0.4, -0.2) is 22.9 Å². The molecule has 2 nitrogen and oxygen atoms in total. The summed E-state index contributed by atoms with van der Waals surface area (Å²) in [5.74, 6) is 0.787. The molecule has 0 bridgehead atoms. The second-order valence-corrected chi connectivity index (χ2v) is 4.85. The maximum absolute atomic E-state index is 9.55. The average molecular weight is 172 g/mol. The van der Waals surface area contributed by atoms with E-state index in [1.54, 1.807) is 0 Å². The number of aliphatic hydroxyl groups is 2. The van der Waals surface area contributed by atoms with Gasteiger partial charge in [-0.15, -0.1) is 0 Å². The molecule has 0 radical (unpaired) electrons. The minimum Gasteiger partial charge on any atom is -0.396 e. The Hall–Kier alpha value is -0.0800. The molecule has 1 aliphatic carbocycles. The number of rotatable bonds is 1. The Labute approximate surface area is 74.6 Å². The van der Waals surface area contributed by atoms with E-state index in [1.165, 1.54) is 0 Å². The zero-order valence-corrected chi connectivity index (χ0v) is 8.25. The molecule has 0 aliphatic heterocycles. The van der Waals surface area contributed by atoms with Gasteiger partial charge in [0.05, 0.1) is 6.10 Å². The summed E-state index contributed by atoms with van der Waals surface area (Å²) >= 11 is 0. The Bertz CT molecular complexity index is 154. The van der Waals surface area contributed by atoms with E-state index < -0.39 is 0 Å². The van der Waals surface area contributed by atoms with E-state index in [-0.39, 0.29) is 18.1 Å². The van der Waals surface area contributed by atoms with Crippen molar-refractivity contribution in [3.05, 3.63) is 0 Å². The zero-order chi connectivity index (χ0) is 9.35. The summed E-state index contributed by atoms with van der Waals surface area (Å²) in [5, 5.41) is 18.7. The van der Waals surface area contributed by atoms with Crippen molar-refractivity contribution in [1.82, 2.24) is 0 Å². The van der Waals surface area contributed by atoms with Crippen molar-refractivity contribution in [3.63, 3.8) is 0 Å². The van der Waals surface area contributed by atoms with Crippen LogP contribution >= 0.6 is 0 Å². The lowest BCUT2D eigenvalue weighted by Crippen LogP contribution is -2.41. The second kappa shape index (κ2) is 3.35. The highest BCUT2D eigenvalue weighted by molar-refractivity contribution is 4.89. The van der Waals surface area contributed by atoms with Crippen LogP contribution in [-0.2, 0) is 0 Å². The minimum absolute atomic E-state index is 0.0891. The van der Waals surface area contributed by atoms with Gasteiger partial charge in [-0.2, -0.15) is 0 Å². The molecule has 0 unspecified atom stereocenters. The second-order valence-electron chi connectivity index (χ2n) is 4.85. The Morgan fingerprint density at radius 2 is 2.00 bits per heavy atom. The highest BCUT2D eigenvalue weighted by Crippen LogP contribution is 2.43. The third-order valence-corrected chi connectivity index (χ3v) is 3.29. The molecule has 1 rings (SSSR count). The van der Waals surface area contributed by atoms with Crippen LogP contribution in [0.2, 0.25) is 0 Å². The van der Waals surface area contributed by atoms with Gasteiger partial charge < -0.3 is 10.2 Å². The van der Waals surface area contributed by atoms with Crippen LogP contribution < -0.4 is 0 Å². The lowest BCUT2D eigenvalue weighted by molar-refractivity contribution is -0.0344. The van der Waals surface area contributed by atoms with Gasteiger partial charge in [-0.3, -0.25) is 0 Å². The van der Waals surface area contributed by atoms with E-state index in [1.807, 2.05) is 0 Å². The molecular weight excluding hydrogens is 152 g/mol. The van der Waals surface area contributed by atoms with Gasteiger partial charge >= 0.3 is 0 Å². The molecule has 0 heterocycles. The molecule has 0 aromatic rings. The van der Waals surface area contributed by atoms with Crippen molar-refractivity contribution in [1.29, 1.82) is 0 Å². The minimum atomic E-state index is -0.169. The molecule has 0 amide bonds. The number of hydrogen-bond donors (Lipinski definition) is 2. The Balaban J connectivity index is 2.71. The maximum Gasteiger partial charge on any atom is 0.0548 e. The fourth-order valence-electron chi connectivity index (χ4n) is 2.63. The normalized spacial score (nSPS) is 41.2. The van der Waals surface area contributed by atoms with E-state index in [0.717, 1.165) is 12.8 Å². The van der Waals surface area contributed by atoms with Crippen LogP contribution in [0.3, 0.4) is 0 Å². The SMILES string of the molecule is C[C@@H]1C[C@@H](O)CC(C)(C)[C@@H]1CO. The quantitative estimate of drug-likeness (QED) is 0.628. The first-order chi connectivity index (χ1) is 5.47. The van der Waals surface area contributed by atoms with Crippen LogP contribution in [0.15, 0.2) is 0 Å².